The molecule has 2 aromatic rings. The minimum Gasteiger partial charge on any atom is -0.370 e. The molecule has 7 N–H and O–H groups in total. The maximum atomic E-state index is 11.2. The molecule has 23 heavy (non-hydrogen) atoms. The summed E-state index contributed by atoms with van der Waals surface area (Å²) in [5.41, 5.74) is 20.2. The van der Waals surface area contributed by atoms with E-state index < -0.39 is 0 Å². The lowest BCUT2D eigenvalue weighted by atomic mass is 10.0. The maximum absolute atomic E-state index is 11.2. The van der Waals surface area contributed by atoms with Crippen molar-refractivity contribution >= 4 is 11.9 Å². The van der Waals surface area contributed by atoms with E-state index in [4.69, 9.17) is 17.2 Å². The van der Waals surface area contributed by atoms with Crippen molar-refractivity contribution in [2.45, 2.75) is 13.1 Å². The minimum absolute atomic E-state index is 0.00303. The van der Waals surface area contributed by atoms with Gasteiger partial charge in [-0.25, -0.2) is 4.99 Å². The largest absolute Gasteiger partial charge is 0.370 e. The van der Waals surface area contributed by atoms with Gasteiger partial charge in [0.05, 0.1) is 13.1 Å². The number of rotatable bonds is 6. The summed E-state index contributed by atoms with van der Waals surface area (Å²) in [5, 5.41) is 2.76. The van der Waals surface area contributed by atoms with Crippen molar-refractivity contribution in [1.82, 2.24) is 5.32 Å². The Kier molecular flexibility index (Phi) is 5.71. The number of amides is 1. The summed E-state index contributed by atoms with van der Waals surface area (Å²) in [4.78, 5) is 15.2. The number of guanidine groups is 1. The van der Waals surface area contributed by atoms with Gasteiger partial charge in [0.2, 0.25) is 5.91 Å². The summed E-state index contributed by atoms with van der Waals surface area (Å²) in [6, 6.07) is 16.0. The molecular weight excluding hydrogens is 290 g/mol. The molecule has 6 heteroatoms. The average molecular weight is 311 g/mol. The molecule has 0 aromatic heterocycles. The average Bonchev–Trinajstić information content (AvgIpc) is 2.58. The third-order valence-corrected chi connectivity index (χ3v) is 3.33. The molecule has 2 aromatic carbocycles. The minimum atomic E-state index is -0.167. The van der Waals surface area contributed by atoms with Crippen LogP contribution < -0.4 is 22.5 Å². The Hall–Kier alpha value is -2.86. The van der Waals surface area contributed by atoms with E-state index in [0.29, 0.717) is 13.1 Å². The number of benzene rings is 2. The van der Waals surface area contributed by atoms with Gasteiger partial charge in [0, 0.05) is 6.54 Å². The molecule has 0 saturated carbocycles. The molecule has 0 aliphatic carbocycles. The van der Waals surface area contributed by atoms with Gasteiger partial charge < -0.3 is 22.5 Å². The van der Waals surface area contributed by atoms with Crippen molar-refractivity contribution in [3.8, 4) is 11.1 Å². The number of nitrogens with one attached hydrogen (secondary N) is 1. The molecule has 0 bridgehead atoms. The lowest BCUT2D eigenvalue weighted by Crippen LogP contribution is -2.29. The normalized spacial score (nSPS) is 10.1. The monoisotopic (exact) mass is 311 g/mol. The number of carbonyl (C=O) groups is 1. The third-order valence-electron chi connectivity index (χ3n) is 3.33. The zero-order valence-electron chi connectivity index (χ0n) is 12.8. The van der Waals surface area contributed by atoms with Gasteiger partial charge in [0.25, 0.3) is 0 Å². The van der Waals surface area contributed by atoms with Crippen molar-refractivity contribution in [1.29, 1.82) is 0 Å². The number of hydrogen-bond acceptors (Lipinski definition) is 3. The molecule has 0 saturated heterocycles. The fraction of sp³-hybridized carbons (Fsp3) is 0.176. The molecule has 0 heterocycles. The van der Waals surface area contributed by atoms with Crippen LogP contribution in [0.5, 0.6) is 0 Å². The van der Waals surface area contributed by atoms with Crippen molar-refractivity contribution in [3.05, 3.63) is 59.7 Å². The van der Waals surface area contributed by atoms with Crippen molar-refractivity contribution in [2.75, 3.05) is 6.54 Å². The van der Waals surface area contributed by atoms with Gasteiger partial charge in [-0.05, 0) is 28.3 Å². The summed E-state index contributed by atoms with van der Waals surface area (Å²) >= 11 is 0. The van der Waals surface area contributed by atoms with Gasteiger partial charge in [-0.15, -0.1) is 0 Å². The van der Waals surface area contributed by atoms with Crippen LogP contribution in [0.15, 0.2) is 53.5 Å². The highest BCUT2D eigenvalue weighted by Crippen LogP contribution is 2.21. The summed E-state index contributed by atoms with van der Waals surface area (Å²) in [6.07, 6.45) is 0. The first-order chi connectivity index (χ1) is 11.1. The number of nitrogens with zero attached hydrogens (tertiary/aromatic N) is 1. The predicted molar refractivity (Wildman–Crippen MR) is 92.3 cm³/mol. The van der Waals surface area contributed by atoms with E-state index in [9.17, 15) is 4.79 Å². The van der Waals surface area contributed by atoms with Crippen LogP contribution >= 0.6 is 0 Å². The first kappa shape index (κ1) is 16.5. The Morgan fingerprint density at radius 1 is 1.00 bits per heavy atom. The Morgan fingerprint density at radius 2 is 1.74 bits per heavy atom. The number of nitrogens with two attached hydrogens (primary N) is 3. The third kappa shape index (κ3) is 5.12. The van der Waals surface area contributed by atoms with Crippen LogP contribution in [0.1, 0.15) is 11.1 Å². The molecule has 2 rings (SSSR count). The summed E-state index contributed by atoms with van der Waals surface area (Å²) in [7, 11) is 0. The maximum Gasteiger partial charge on any atom is 0.234 e. The Labute approximate surface area is 135 Å². The van der Waals surface area contributed by atoms with Crippen LogP contribution in [0.25, 0.3) is 11.1 Å². The van der Waals surface area contributed by atoms with Crippen LogP contribution in [0.4, 0.5) is 0 Å². The molecule has 1 amide bonds. The predicted octanol–water partition coefficient (Wildman–Crippen LogP) is 0.702. The smallest absolute Gasteiger partial charge is 0.234 e. The second-order valence-electron chi connectivity index (χ2n) is 5.12. The fourth-order valence-corrected chi connectivity index (χ4v) is 2.12. The van der Waals surface area contributed by atoms with Crippen molar-refractivity contribution in [2.24, 2.45) is 22.2 Å². The molecule has 6 nitrogen and oxygen atoms in total. The summed E-state index contributed by atoms with van der Waals surface area (Å²) in [6.45, 7) is 0.928. The summed E-state index contributed by atoms with van der Waals surface area (Å²) < 4.78 is 0. The number of carbonyl (C=O) groups excluding carboxylic acids is 1. The molecular formula is C17H21N5O. The van der Waals surface area contributed by atoms with Gasteiger partial charge in [0.1, 0.15) is 0 Å². The van der Waals surface area contributed by atoms with E-state index in [2.05, 4.69) is 10.3 Å². The van der Waals surface area contributed by atoms with E-state index in [1.54, 1.807) is 0 Å². The second-order valence-corrected chi connectivity index (χ2v) is 5.12. The Balaban J connectivity index is 2.09. The lowest BCUT2D eigenvalue weighted by Gasteiger charge is -2.07. The first-order valence-corrected chi connectivity index (χ1v) is 7.29. The zero-order chi connectivity index (χ0) is 16.7. The van der Waals surface area contributed by atoms with Crippen LogP contribution in [-0.2, 0) is 17.9 Å². The quantitative estimate of drug-likeness (QED) is 0.463. The van der Waals surface area contributed by atoms with Gasteiger partial charge in [0.15, 0.2) is 5.96 Å². The van der Waals surface area contributed by atoms with Crippen LogP contribution in [-0.4, -0.2) is 18.4 Å². The Morgan fingerprint density at radius 3 is 2.39 bits per heavy atom. The lowest BCUT2D eigenvalue weighted by molar-refractivity contribution is -0.119. The molecule has 0 radical (unpaired) electrons. The second kappa shape index (κ2) is 7.95. The van der Waals surface area contributed by atoms with Gasteiger partial charge in [-0.3, -0.25) is 4.79 Å². The van der Waals surface area contributed by atoms with E-state index in [1.807, 2.05) is 48.5 Å². The van der Waals surface area contributed by atoms with Crippen LogP contribution in [0.2, 0.25) is 0 Å². The van der Waals surface area contributed by atoms with Crippen molar-refractivity contribution < 1.29 is 4.79 Å². The molecule has 0 aliphatic heterocycles. The van der Waals surface area contributed by atoms with E-state index in [1.165, 1.54) is 0 Å². The Bertz CT molecular complexity index is 690. The highest BCUT2D eigenvalue weighted by molar-refractivity contribution is 5.77. The molecule has 120 valence electrons. The van der Waals surface area contributed by atoms with E-state index in [0.717, 1.165) is 22.3 Å². The van der Waals surface area contributed by atoms with Crippen LogP contribution in [0, 0.1) is 0 Å². The SMILES string of the molecule is NCC(=O)NCc1cccc(-c2ccc(CN=C(N)N)cc2)c1. The summed E-state index contributed by atoms with van der Waals surface area (Å²) in [5.74, 6) is -0.0826. The molecule has 0 fully saturated rings. The first-order valence-electron chi connectivity index (χ1n) is 7.29. The van der Waals surface area contributed by atoms with Crippen molar-refractivity contribution in [3.63, 3.8) is 0 Å². The molecule has 0 spiro atoms. The molecule has 0 unspecified atom stereocenters. The fourth-order valence-electron chi connectivity index (χ4n) is 2.12. The van der Waals surface area contributed by atoms with Crippen LogP contribution in [0.3, 0.4) is 0 Å². The molecule has 0 atom stereocenters. The molecule has 0 aliphatic rings. The van der Waals surface area contributed by atoms with Gasteiger partial charge in [-0.2, -0.15) is 0 Å². The topological polar surface area (TPSA) is 120 Å². The standard InChI is InChI=1S/C17H21N5O/c18-9-16(23)21-11-13-2-1-3-15(8-13)14-6-4-12(5-7-14)10-22-17(19)20/h1-8H,9-11,18H2,(H,21,23)(H4,19,20,22). The van der Waals surface area contributed by atoms with Gasteiger partial charge in [-0.1, -0.05) is 42.5 Å². The van der Waals surface area contributed by atoms with E-state index in [-0.39, 0.29) is 18.4 Å². The highest BCUT2D eigenvalue weighted by atomic mass is 16.1. The number of hydrogen-bond donors (Lipinski definition) is 4. The highest BCUT2D eigenvalue weighted by Gasteiger charge is 2.02. The number of aliphatic imine (C=N–C) groups is 1. The van der Waals surface area contributed by atoms with Gasteiger partial charge >= 0.3 is 0 Å². The van der Waals surface area contributed by atoms with E-state index >= 15 is 0 Å². The zero-order valence-corrected chi connectivity index (χ0v) is 12.8.